The molecule has 3 rings (SSSR count). The van der Waals surface area contributed by atoms with E-state index in [9.17, 15) is 0 Å². The van der Waals surface area contributed by atoms with Gasteiger partial charge in [0, 0.05) is 12.4 Å². The van der Waals surface area contributed by atoms with Gasteiger partial charge in [-0.25, -0.2) is 9.97 Å². The van der Waals surface area contributed by atoms with E-state index in [4.69, 9.17) is 5.26 Å². The summed E-state index contributed by atoms with van der Waals surface area (Å²) < 4.78 is 2.81. The minimum Gasteiger partial charge on any atom is -0.267 e. The lowest BCUT2D eigenvalue weighted by atomic mass is 10.3. The van der Waals surface area contributed by atoms with Crippen LogP contribution in [-0.2, 0) is 0 Å². The van der Waals surface area contributed by atoms with E-state index in [0.29, 0.717) is 5.82 Å². The van der Waals surface area contributed by atoms with E-state index in [1.165, 1.54) is 0 Å². The number of rotatable bonds is 1. The first-order chi connectivity index (χ1) is 7.88. The highest BCUT2D eigenvalue weighted by atomic mass is 32.1. The number of para-hydroxylation sites is 1. The maximum atomic E-state index is 8.89. The molecule has 3 aromatic rings. The van der Waals surface area contributed by atoms with Gasteiger partial charge in [-0.1, -0.05) is 23.5 Å². The fraction of sp³-hybridized carbons (Fsp3) is 0. The lowest BCUT2D eigenvalue weighted by molar-refractivity contribution is 1.01. The normalized spacial score (nSPS) is 10.4. The highest BCUT2D eigenvalue weighted by molar-refractivity contribution is 7.20. The third-order valence-corrected chi connectivity index (χ3v) is 3.27. The van der Waals surface area contributed by atoms with Crippen LogP contribution in [0.15, 0.2) is 36.7 Å². The molecule has 5 heteroatoms. The Labute approximate surface area is 95.4 Å². The fourth-order valence-corrected chi connectivity index (χ4v) is 2.45. The van der Waals surface area contributed by atoms with Crippen molar-refractivity contribution >= 4 is 21.6 Å². The van der Waals surface area contributed by atoms with Crippen molar-refractivity contribution < 1.29 is 0 Å². The van der Waals surface area contributed by atoms with E-state index in [1.807, 2.05) is 30.3 Å². The van der Waals surface area contributed by atoms with Crippen molar-refractivity contribution in [3.63, 3.8) is 0 Å². The van der Waals surface area contributed by atoms with Crippen LogP contribution in [0.2, 0.25) is 0 Å². The molecule has 0 aliphatic rings. The summed E-state index contributed by atoms with van der Waals surface area (Å²) in [5.41, 5.74) is 0.945. The number of thiazole rings is 1. The number of nitriles is 1. The zero-order valence-electron chi connectivity index (χ0n) is 8.16. The van der Waals surface area contributed by atoms with Gasteiger partial charge in [-0.15, -0.1) is 0 Å². The Hall–Kier alpha value is -2.19. The van der Waals surface area contributed by atoms with Crippen LogP contribution >= 0.6 is 11.3 Å². The molecule has 0 aliphatic heterocycles. The van der Waals surface area contributed by atoms with Crippen LogP contribution in [0.4, 0.5) is 0 Å². The van der Waals surface area contributed by atoms with E-state index < -0.39 is 0 Å². The smallest absolute Gasteiger partial charge is 0.219 e. The van der Waals surface area contributed by atoms with Gasteiger partial charge in [-0.05, 0) is 12.1 Å². The summed E-state index contributed by atoms with van der Waals surface area (Å²) in [4.78, 5) is 8.40. The first-order valence-electron chi connectivity index (χ1n) is 4.68. The summed E-state index contributed by atoms with van der Waals surface area (Å²) in [6.07, 6.45) is 3.35. The van der Waals surface area contributed by atoms with Crippen LogP contribution in [0.5, 0.6) is 0 Å². The van der Waals surface area contributed by atoms with Crippen molar-refractivity contribution in [1.29, 1.82) is 5.26 Å². The Morgan fingerprint density at radius 2 is 2.19 bits per heavy atom. The Kier molecular flexibility index (Phi) is 1.95. The van der Waals surface area contributed by atoms with Crippen molar-refractivity contribution in [3.8, 4) is 11.2 Å². The number of imidazole rings is 1. The van der Waals surface area contributed by atoms with Crippen LogP contribution in [0.25, 0.3) is 15.3 Å². The molecule has 0 saturated heterocycles. The Morgan fingerprint density at radius 1 is 1.31 bits per heavy atom. The molecule has 0 aliphatic carbocycles. The highest BCUT2D eigenvalue weighted by Crippen LogP contribution is 2.24. The topological polar surface area (TPSA) is 54.5 Å². The van der Waals surface area contributed by atoms with Gasteiger partial charge in [0.05, 0.1) is 10.2 Å². The van der Waals surface area contributed by atoms with Gasteiger partial charge in [0.25, 0.3) is 0 Å². The zero-order valence-corrected chi connectivity index (χ0v) is 8.98. The number of aromatic nitrogens is 3. The summed E-state index contributed by atoms with van der Waals surface area (Å²) in [5, 5.41) is 9.66. The largest absolute Gasteiger partial charge is 0.267 e. The summed E-state index contributed by atoms with van der Waals surface area (Å²) >= 11 is 1.55. The zero-order chi connectivity index (χ0) is 11.0. The molecule has 76 valence electrons. The Bertz CT molecular complexity index is 656. The predicted octanol–water partition coefficient (Wildman–Crippen LogP) is 2.35. The lowest BCUT2D eigenvalue weighted by Crippen LogP contribution is -1.94. The summed E-state index contributed by atoms with van der Waals surface area (Å²) in [5.74, 6) is 0.360. The molecule has 0 atom stereocenters. The Morgan fingerprint density at radius 3 is 3.00 bits per heavy atom. The van der Waals surface area contributed by atoms with Crippen LogP contribution in [0.1, 0.15) is 5.82 Å². The molecule has 2 heterocycles. The number of benzene rings is 1. The first-order valence-corrected chi connectivity index (χ1v) is 5.49. The average Bonchev–Trinajstić information content (AvgIpc) is 2.94. The monoisotopic (exact) mass is 226 g/mol. The van der Waals surface area contributed by atoms with Gasteiger partial charge in [0.15, 0.2) is 5.13 Å². The molecule has 0 saturated carbocycles. The Balaban J connectivity index is 2.24. The molecular weight excluding hydrogens is 220 g/mol. The van der Waals surface area contributed by atoms with Gasteiger partial charge in [0.1, 0.15) is 6.07 Å². The molecule has 16 heavy (non-hydrogen) atoms. The lowest BCUT2D eigenvalue weighted by Gasteiger charge is -1.94. The highest BCUT2D eigenvalue weighted by Gasteiger charge is 2.08. The summed E-state index contributed by atoms with van der Waals surface area (Å²) in [6, 6.07) is 9.93. The molecule has 0 fully saturated rings. The van der Waals surface area contributed by atoms with Gasteiger partial charge >= 0.3 is 0 Å². The summed E-state index contributed by atoms with van der Waals surface area (Å²) in [7, 11) is 0. The maximum absolute atomic E-state index is 8.89. The van der Waals surface area contributed by atoms with E-state index in [1.54, 1.807) is 28.3 Å². The second-order valence-electron chi connectivity index (χ2n) is 3.20. The predicted molar refractivity (Wildman–Crippen MR) is 61.5 cm³/mol. The molecule has 0 N–H and O–H groups in total. The molecule has 0 bridgehead atoms. The fourth-order valence-electron chi connectivity index (χ4n) is 1.50. The van der Waals surface area contributed by atoms with Crippen molar-refractivity contribution in [2.24, 2.45) is 0 Å². The first kappa shape index (κ1) is 9.07. The number of nitrogens with zero attached hydrogens (tertiary/aromatic N) is 4. The number of hydrogen-bond donors (Lipinski definition) is 0. The average molecular weight is 226 g/mol. The van der Waals surface area contributed by atoms with Crippen molar-refractivity contribution in [1.82, 2.24) is 14.5 Å². The van der Waals surface area contributed by atoms with E-state index in [0.717, 1.165) is 15.3 Å². The van der Waals surface area contributed by atoms with Crippen LogP contribution in [0.3, 0.4) is 0 Å². The number of hydrogen-bond acceptors (Lipinski definition) is 4. The third kappa shape index (κ3) is 1.28. The molecule has 2 aromatic heterocycles. The van der Waals surface area contributed by atoms with E-state index in [-0.39, 0.29) is 0 Å². The SMILES string of the molecule is N#Cc1nccn1-c1nc2ccccc2s1. The summed E-state index contributed by atoms with van der Waals surface area (Å²) in [6.45, 7) is 0. The quantitative estimate of drug-likeness (QED) is 0.640. The van der Waals surface area contributed by atoms with E-state index in [2.05, 4.69) is 9.97 Å². The van der Waals surface area contributed by atoms with Gasteiger partial charge in [-0.3, -0.25) is 4.57 Å². The van der Waals surface area contributed by atoms with Crippen molar-refractivity contribution in [2.75, 3.05) is 0 Å². The molecule has 0 amide bonds. The van der Waals surface area contributed by atoms with Crippen LogP contribution < -0.4 is 0 Å². The molecule has 1 aromatic carbocycles. The van der Waals surface area contributed by atoms with Gasteiger partial charge in [0.2, 0.25) is 5.82 Å². The van der Waals surface area contributed by atoms with E-state index >= 15 is 0 Å². The second kappa shape index (κ2) is 3.43. The molecule has 4 nitrogen and oxygen atoms in total. The van der Waals surface area contributed by atoms with Crippen molar-refractivity contribution in [2.45, 2.75) is 0 Å². The number of fused-ring (bicyclic) bond motifs is 1. The maximum Gasteiger partial charge on any atom is 0.219 e. The second-order valence-corrected chi connectivity index (χ2v) is 4.21. The standard InChI is InChI=1S/C11H6N4S/c12-7-10-13-5-6-15(10)11-14-8-3-1-2-4-9(8)16-11/h1-6H. The molecule has 0 radical (unpaired) electrons. The van der Waals surface area contributed by atoms with Gasteiger partial charge < -0.3 is 0 Å². The molecular formula is C11H6N4S. The minimum absolute atomic E-state index is 0.360. The van der Waals surface area contributed by atoms with Crippen LogP contribution in [-0.4, -0.2) is 14.5 Å². The third-order valence-electron chi connectivity index (χ3n) is 2.23. The molecule has 0 unspecified atom stereocenters. The van der Waals surface area contributed by atoms with Crippen LogP contribution in [0, 0.1) is 11.3 Å². The van der Waals surface area contributed by atoms with Gasteiger partial charge in [-0.2, -0.15) is 5.26 Å². The van der Waals surface area contributed by atoms with Crippen molar-refractivity contribution in [3.05, 3.63) is 42.5 Å². The minimum atomic E-state index is 0.360. The molecule has 0 spiro atoms.